The van der Waals surface area contributed by atoms with Gasteiger partial charge in [0.05, 0.1) is 0 Å². The minimum atomic E-state index is -0.750. The number of benzene rings is 3. The predicted octanol–water partition coefficient (Wildman–Crippen LogP) is 3.23. The normalized spacial score (nSPS) is 10.3. The van der Waals surface area contributed by atoms with Crippen LogP contribution in [-0.2, 0) is 0 Å². The van der Waals surface area contributed by atoms with Gasteiger partial charge in [0.15, 0.2) is 0 Å². The molecule has 1 aromatic heterocycles. The van der Waals surface area contributed by atoms with Gasteiger partial charge in [0.1, 0.15) is 0 Å². The van der Waals surface area contributed by atoms with Gasteiger partial charge in [0, 0.05) is 21.8 Å². The maximum atomic E-state index is 7.12. The highest BCUT2D eigenvalue weighted by Gasteiger charge is 2.05. The molecule has 4 aromatic rings. The molecule has 0 amide bonds. The van der Waals surface area contributed by atoms with Crippen LogP contribution in [0.25, 0.3) is 32.9 Å². The molecule has 3 aromatic carbocycles. The average Bonchev–Trinajstić information content (AvgIpc) is 2.94. The SMILES string of the molecule is OBO.c1ccc(-c2ccc3[nH]c4ccccc4c3c2)cc1. The lowest BCUT2D eigenvalue weighted by molar-refractivity contribution is 0.448. The minimum absolute atomic E-state index is 0.750. The zero-order valence-corrected chi connectivity index (χ0v) is 12.0. The van der Waals surface area contributed by atoms with Gasteiger partial charge in [-0.1, -0.05) is 54.6 Å². The molecule has 0 atom stereocenters. The lowest BCUT2D eigenvalue weighted by Crippen LogP contribution is -1.76. The van der Waals surface area contributed by atoms with Gasteiger partial charge in [-0.05, 0) is 29.3 Å². The lowest BCUT2D eigenvalue weighted by atomic mass is 10.0. The first kappa shape index (κ1) is 14.4. The number of para-hydroxylation sites is 1. The van der Waals surface area contributed by atoms with Crippen molar-refractivity contribution in [2.45, 2.75) is 0 Å². The van der Waals surface area contributed by atoms with Crippen molar-refractivity contribution in [3.05, 3.63) is 72.8 Å². The van der Waals surface area contributed by atoms with Crippen molar-refractivity contribution in [2.75, 3.05) is 0 Å². The van der Waals surface area contributed by atoms with Crippen LogP contribution < -0.4 is 0 Å². The van der Waals surface area contributed by atoms with E-state index in [-0.39, 0.29) is 0 Å². The fourth-order valence-electron chi connectivity index (χ4n) is 2.66. The van der Waals surface area contributed by atoms with Crippen molar-refractivity contribution in [2.24, 2.45) is 0 Å². The van der Waals surface area contributed by atoms with E-state index in [0.717, 1.165) is 0 Å². The van der Waals surface area contributed by atoms with Crippen LogP contribution in [0.5, 0.6) is 0 Å². The quantitative estimate of drug-likeness (QED) is 0.471. The second kappa shape index (κ2) is 6.47. The van der Waals surface area contributed by atoms with E-state index in [4.69, 9.17) is 10.0 Å². The van der Waals surface area contributed by atoms with Gasteiger partial charge in [-0.3, -0.25) is 0 Å². The Morgan fingerprint density at radius 2 is 1.27 bits per heavy atom. The van der Waals surface area contributed by atoms with Crippen LogP contribution in [0.15, 0.2) is 72.8 Å². The Labute approximate surface area is 129 Å². The molecule has 0 unspecified atom stereocenters. The summed E-state index contributed by atoms with van der Waals surface area (Å²) < 4.78 is 0. The van der Waals surface area contributed by atoms with Crippen LogP contribution in [0.3, 0.4) is 0 Å². The summed E-state index contributed by atoms with van der Waals surface area (Å²) in [6, 6.07) is 25.6. The number of hydrogen-bond acceptors (Lipinski definition) is 2. The fourth-order valence-corrected chi connectivity index (χ4v) is 2.66. The zero-order valence-electron chi connectivity index (χ0n) is 12.0. The van der Waals surface area contributed by atoms with E-state index in [0.29, 0.717) is 0 Å². The van der Waals surface area contributed by atoms with Crippen molar-refractivity contribution < 1.29 is 10.0 Å². The fraction of sp³-hybridized carbons (Fsp3) is 0. The molecule has 4 heteroatoms. The smallest absolute Gasteiger partial charge is 0.430 e. The van der Waals surface area contributed by atoms with Gasteiger partial charge < -0.3 is 15.0 Å². The Balaban J connectivity index is 0.000000446. The van der Waals surface area contributed by atoms with Gasteiger partial charge in [-0.25, -0.2) is 0 Å². The summed E-state index contributed by atoms with van der Waals surface area (Å²) >= 11 is 0. The Kier molecular flexibility index (Phi) is 4.23. The summed E-state index contributed by atoms with van der Waals surface area (Å²) in [7, 11) is -0.750. The minimum Gasteiger partial charge on any atom is -0.430 e. The summed E-state index contributed by atoms with van der Waals surface area (Å²) in [5, 5.41) is 16.8. The van der Waals surface area contributed by atoms with Gasteiger partial charge in [-0.2, -0.15) is 0 Å². The molecular formula is C18H16BNO2. The predicted molar refractivity (Wildman–Crippen MR) is 92.8 cm³/mol. The number of fused-ring (bicyclic) bond motifs is 3. The second-order valence-corrected chi connectivity index (χ2v) is 4.94. The van der Waals surface area contributed by atoms with Crippen LogP contribution in [0.4, 0.5) is 0 Å². The Hall–Kier alpha value is -2.56. The first-order valence-corrected chi connectivity index (χ1v) is 7.11. The van der Waals surface area contributed by atoms with Gasteiger partial charge in [-0.15, -0.1) is 0 Å². The molecule has 1 heterocycles. The highest BCUT2D eigenvalue weighted by atomic mass is 16.4. The molecule has 0 aliphatic heterocycles. The van der Waals surface area contributed by atoms with E-state index in [1.807, 2.05) is 6.07 Å². The van der Waals surface area contributed by atoms with Gasteiger partial charge in [0.25, 0.3) is 0 Å². The molecule has 4 rings (SSSR count). The first-order valence-electron chi connectivity index (χ1n) is 7.11. The molecule has 0 saturated heterocycles. The Bertz CT molecular complexity index is 887. The molecular weight excluding hydrogens is 273 g/mol. The molecule has 3 N–H and O–H groups in total. The van der Waals surface area contributed by atoms with Crippen LogP contribution in [0.2, 0.25) is 0 Å². The molecule has 22 heavy (non-hydrogen) atoms. The number of aromatic nitrogens is 1. The number of rotatable bonds is 1. The molecule has 0 saturated carbocycles. The van der Waals surface area contributed by atoms with E-state index >= 15 is 0 Å². The van der Waals surface area contributed by atoms with Crippen LogP contribution in [0, 0.1) is 0 Å². The van der Waals surface area contributed by atoms with E-state index in [2.05, 4.69) is 71.7 Å². The standard InChI is InChI=1S/C18H13N.BH3O2/c1-2-6-13(7-3-1)14-10-11-18-16(12-14)15-8-4-5-9-17(15)19-18;2-1-3/h1-12,19H;1-3H. The van der Waals surface area contributed by atoms with Crippen molar-refractivity contribution in [3.63, 3.8) is 0 Å². The molecule has 0 bridgehead atoms. The molecule has 0 aliphatic rings. The highest BCUT2D eigenvalue weighted by Crippen LogP contribution is 2.29. The van der Waals surface area contributed by atoms with Gasteiger partial charge >= 0.3 is 7.69 Å². The number of hydrogen-bond donors (Lipinski definition) is 3. The third-order valence-corrected chi connectivity index (χ3v) is 3.61. The molecule has 3 nitrogen and oxygen atoms in total. The lowest BCUT2D eigenvalue weighted by Gasteiger charge is -2.01. The molecule has 0 aliphatic carbocycles. The van der Waals surface area contributed by atoms with Crippen molar-refractivity contribution in [1.82, 2.24) is 4.98 Å². The highest BCUT2D eigenvalue weighted by molar-refractivity contribution is 6.13. The van der Waals surface area contributed by atoms with Crippen LogP contribution in [0.1, 0.15) is 0 Å². The Morgan fingerprint density at radius 3 is 2.05 bits per heavy atom. The molecule has 0 radical (unpaired) electrons. The number of aromatic amines is 1. The summed E-state index contributed by atoms with van der Waals surface area (Å²) in [6.45, 7) is 0. The van der Waals surface area contributed by atoms with E-state index < -0.39 is 7.69 Å². The number of nitrogens with one attached hydrogen (secondary N) is 1. The maximum Gasteiger partial charge on any atom is 0.432 e. The zero-order chi connectivity index (χ0) is 15.4. The topological polar surface area (TPSA) is 56.2 Å². The van der Waals surface area contributed by atoms with E-state index in [1.165, 1.54) is 32.9 Å². The number of H-pyrrole nitrogens is 1. The molecule has 0 fully saturated rings. The summed E-state index contributed by atoms with van der Waals surface area (Å²) in [6.07, 6.45) is 0. The largest absolute Gasteiger partial charge is 0.432 e. The average molecular weight is 289 g/mol. The molecule has 108 valence electrons. The van der Waals surface area contributed by atoms with E-state index in [1.54, 1.807) is 0 Å². The van der Waals surface area contributed by atoms with Gasteiger partial charge in [0.2, 0.25) is 0 Å². The maximum absolute atomic E-state index is 7.12. The van der Waals surface area contributed by atoms with Crippen molar-refractivity contribution in [1.29, 1.82) is 0 Å². The monoisotopic (exact) mass is 289 g/mol. The third-order valence-electron chi connectivity index (χ3n) is 3.61. The first-order chi connectivity index (χ1) is 10.8. The third kappa shape index (κ3) is 2.75. The Morgan fingerprint density at radius 1 is 0.636 bits per heavy atom. The van der Waals surface area contributed by atoms with Crippen molar-refractivity contribution in [3.8, 4) is 11.1 Å². The van der Waals surface area contributed by atoms with Crippen molar-refractivity contribution >= 4 is 29.5 Å². The molecule has 0 spiro atoms. The van der Waals surface area contributed by atoms with E-state index in [9.17, 15) is 0 Å². The van der Waals surface area contributed by atoms with Crippen LogP contribution in [-0.4, -0.2) is 22.7 Å². The summed E-state index contributed by atoms with van der Waals surface area (Å²) in [4.78, 5) is 3.46. The summed E-state index contributed by atoms with van der Waals surface area (Å²) in [5.41, 5.74) is 4.91. The van der Waals surface area contributed by atoms with Crippen LogP contribution >= 0.6 is 0 Å². The summed E-state index contributed by atoms with van der Waals surface area (Å²) in [5.74, 6) is 0. The second-order valence-electron chi connectivity index (χ2n) is 4.94.